The fourth-order valence-electron chi connectivity index (χ4n) is 2.35. The number of aryl methyl sites for hydroxylation is 1. The van der Waals surface area contributed by atoms with Gasteiger partial charge >= 0.3 is 0 Å². The third kappa shape index (κ3) is 3.03. The van der Waals surface area contributed by atoms with E-state index in [1.807, 2.05) is 0 Å². The summed E-state index contributed by atoms with van der Waals surface area (Å²) in [5.41, 5.74) is 1.16. The molecule has 1 N–H and O–H groups in total. The average Bonchev–Trinajstić information content (AvgIpc) is 2.79. The first-order chi connectivity index (χ1) is 8.74. The Morgan fingerprint density at radius 1 is 1.56 bits per heavy atom. The normalized spacial score (nSPS) is 20.4. The Labute approximate surface area is 109 Å². The molecule has 1 aromatic rings. The molecule has 0 unspecified atom stereocenters. The van der Waals surface area contributed by atoms with E-state index in [9.17, 15) is 0 Å². The smallest absolute Gasteiger partial charge is 0.205 e. The number of hydrogen-bond donors (Lipinski definition) is 1. The van der Waals surface area contributed by atoms with Gasteiger partial charge in [0.15, 0.2) is 0 Å². The van der Waals surface area contributed by atoms with Crippen LogP contribution in [0.5, 0.6) is 0 Å². The molecule has 1 fully saturated rings. The van der Waals surface area contributed by atoms with Crippen molar-refractivity contribution in [2.75, 3.05) is 38.3 Å². The first kappa shape index (κ1) is 13.4. The SMILES string of the molecule is CCc1cn(CCOC)c(N2CCN[C@H](C)C2)n1. The van der Waals surface area contributed by atoms with E-state index in [0.717, 1.165) is 50.8 Å². The second-order valence-corrected chi connectivity index (χ2v) is 4.87. The summed E-state index contributed by atoms with van der Waals surface area (Å²) >= 11 is 0. The van der Waals surface area contributed by atoms with E-state index in [-0.39, 0.29) is 0 Å². The van der Waals surface area contributed by atoms with Crippen LogP contribution in [0.15, 0.2) is 6.20 Å². The lowest BCUT2D eigenvalue weighted by atomic mass is 10.2. The Balaban J connectivity index is 2.15. The first-order valence-corrected chi connectivity index (χ1v) is 6.78. The summed E-state index contributed by atoms with van der Waals surface area (Å²) in [6.07, 6.45) is 3.13. The number of aromatic nitrogens is 2. The zero-order chi connectivity index (χ0) is 13.0. The number of anilines is 1. The van der Waals surface area contributed by atoms with Crippen LogP contribution in [-0.4, -0.2) is 48.9 Å². The van der Waals surface area contributed by atoms with Gasteiger partial charge in [-0.1, -0.05) is 6.92 Å². The number of methoxy groups -OCH3 is 1. The highest BCUT2D eigenvalue weighted by atomic mass is 16.5. The topological polar surface area (TPSA) is 42.3 Å². The van der Waals surface area contributed by atoms with Crippen molar-refractivity contribution in [1.82, 2.24) is 14.9 Å². The van der Waals surface area contributed by atoms with Crippen LogP contribution in [0.4, 0.5) is 5.95 Å². The van der Waals surface area contributed by atoms with Gasteiger partial charge in [-0.2, -0.15) is 0 Å². The van der Waals surface area contributed by atoms with Gasteiger partial charge in [-0.25, -0.2) is 4.98 Å². The zero-order valence-electron chi connectivity index (χ0n) is 11.6. The average molecular weight is 252 g/mol. The highest BCUT2D eigenvalue weighted by Crippen LogP contribution is 2.16. The van der Waals surface area contributed by atoms with Gasteiger partial charge in [0.25, 0.3) is 0 Å². The summed E-state index contributed by atoms with van der Waals surface area (Å²) in [5, 5.41) is 3.46. The summed E-state index contributed by atoms with van der Waals surface area (Å²) in [4.78, 5) is 7.12. The standard InChI is InChI=1S/C13H24N4O/c1-4-12-10-17(7-8-18-3)13(15-12)16-6-5-14-11(2)9-16/h10-11,14H,4-9H2,1-3H3/t11-/m1/s1. The molecule has 0 aliphatic carbocycles. The van der Waals surface area contributed by atoms with Crippen LogP contribution in [0.3, 0.4) is 0 Å². The lowest BCUT2D eigenvalue weighted by Gasteiger charge is -2.32. The lowest BCUT2D eigenvalue weighted by Crippen LogP contribution is -2.50. The van der Waals surface area contributed by atoms with E-state index in [1.165, 1.54) is 0 Å². The molecule has 0 amide bonds. The first-order valence-electron chi connectivity index (χ1n) is 6.78. The van der Waals surface area contributed by atoms with Crippen molar-refractivity contribution in [1.29, 1.82) is 0 Å². The number of rotatable bonds is 5. The van der Waals surface area contributed by atoms with Crippen LogP contribution >= 0.6 is 0 Å². The molecule has 0 saturated carbocycles. The molecular weight excluding hydrogens is 228 g/mol. The molecule has 102 valence electrons. The monoisotopic (exact) mass is 252 g/mol. The second kappa shape index (κ2) is 6.20. The minimum absolute atomic E-state index is 0.524. The molecule has 1 aromatic heterocycles. The maximum Gasteiger partial charge on any atom is 0.205 e. The molecule has 18 heavy (non-hydrogen) atoms. The van der Waals surface area contributed by atoms with E-state index >= 15 is 0 Å². The van der Waals surface area contributed by atoms with Crippen molar-refractivity contribution >= 4 is 5.95 Å². The quantitative estimate of drug-likeness (QED) is 0.845. The van der Waals surface area contributed by atoms with Crippen molar-refractivity contribution in [3.05, 3.63) is 11.9 Å². The number of hydrogen-bond acceptors (Lipinski definition) is 4. The van der Waals surface area contributed by atoms with E-state index in [0.29, 0.717) is 6.04 Å². The van der Waals surface area contributed by atoms with E-state index < -0.39 is 0 Å². The Bertz CT molecular complexity index is 377. The molecule has 2 heterocycles. The van der Waals surface area contributed by atoms with Gasteiger partial charge in [0.05, 0.1) is 12.3 Å². The van der Waals surface area contributed by atoms with Gasteiger partial charge in [-0.15, -0.1) is 0 Å². The largest absolute Gasteiger partial charge is 0.383 e. The molecule has 5 nitrogen and oxygen atoms in total. The predicted octanol–water partition coefficient (Wildman–Crippen LogP) is 0.890. The van der Waals surface area contributed by atoms with Crippen molar-refractivity contribution in [3.8, 4) is 0 Å². The van der Waals surface area contributed by atoms with Gasteiger partial charge in [-0.05, 0) is 13.3 Å². The minimum Gasteiger partial charge on any atom is -0.383 e. The van der Waals surface area contributed by atoms with Crippen molar-refractivity contribution in [3.63, 3.8) is 0 Å². The van der Waals surface area contributed by atoms with Gasteiger partial charge in [0, 0.05) is 45.5 Å². The molecule has 0 aromatic carbocycles. The Hall–Kier alpha value is -1.07. The number of ether oxygens (including phenoxy) is 1. The van der Waals surface area contributed by atoms with Gasteiger partial charge < -0.3 is 19.5 Å². The summed E-state index contributed by atoms with van der Waals surface area (Å²) in [5.74, 6) is 1.09. The number of nitrogens with one attached hydrogen (secondary N) is 1. The van der Waals surface area contributed by atoms with Crippen LogP contribution in [0.2, 0.25) is 0 Å². The Morgan fingerprint density at radius 3 is 3.06 bits per heavy atom. The number of nitrogens with zero attached hydrogens (tertiary/aromatic N) is 3. The Morgan fingerprint density at radius 2 is 2.39 bits per heavy atom. The summed E-state index contributed by atoms with van der Waals surface area (Å²) in [6.45, 7) is 9.04. The second-order valence-electron chi connectivity index (χ2n) is 4.87. The van der Waals surface area contributed by atoms with E-state index in [2.05, 4.69) is 34.8 Å². The van der Waals surface area contributed by atoms with Crippen molar-refractivity contribution < 1.29 is 4.74 Å². The van der Waals surface area contributed by atoms with Crippen LogP contribution in [0.1, 0.15) is 19.5 Å². The zero-order valence-corrected chi connectivity index (χ0v) is 11.6. The van der Waals surface area contributed by atoms with Gasteiger partial charge in [-0.3, -0.25) is 0 Å². The molecule has 2 rings (SSSR count). The summed E-state index contributed by atoms with van der Waals surface area (Å²) in [7, 11) is 1.74. The number of piperazine rings is 1. The highest BCUT2D eigenvalue weighted by Gasteiger charge is 2.20. The van der Waals surface area contributed by atoms with E-state index in [1.54, 1.807) is 7.11 Å². The van der Waals surface area contributed by atoms with Crippen LogP contribution in [0, 0.1) is 0 Å². The van der Waals surface area contributed by atoms with Gasteiger partial charge in [0.2, 0.25) is 5.95 Å². The van der Waals surface area contributed by atoms with Crippen LogP contribution < -0.4 is 10.2 Å². The number of imidazole rings is 1. The molecule has 1 saturated heterocycles. The molecule has 1 atom stereocenters. The van der Waals surface area contributed by atoms with Crippen LogP contribution in [0.25, 0.3) is 0 Å². The third-order valence-electron chi connectivity index (χ3n) is 3.36. The molecule has 5 heteroatoms. The van der Waals surface area contributed by atoms with Crippen LogP contribution in [-0.2, 0) is 17.7 Å². The fourth-order valence-corrected chi connectivity index (χ4v) is 2.35. The molecule has 0 radical (unpaired) electrons. The molecule has 1 aliphatic rings. The van der Waals surface area contributed by atoms with E-state index in [4.69, 9.17) is 9.72 Å². The van der Waals surface area contributed by atoms with Crippen molar-refractivity contribution in [2.45, 2.75) is 32.9 Å². The molecule has 0 bridgehead atoms. The molecular formula is C13H24N4O. The maximum absolute atomic E-state index is 5.17. The molecule has 0 spiro atoms. The fraction of sp³-hybridized carbons (Fsp3) is 0.769. The lowest BCUT2D eigenvalue weighted by molar-refractivity contribution is 0.187. The third-order valence-corrected chi connectivity index (χ3v) is 3.36. The van der Waals surface area contributed by atoms with Crippen molar-refractivity contribution in [2.24, 2.45) is 0 Å². The minimum atomic E-state index is 0.524. The predicted molar refractivity (Wildman–Crippen MR) is 73.2 cm³/mol. The molecule has 1 aliphatic heterocycles. The maximum atomic E-state index is 5.17. The highest BCUT2D eigenvalue weighted by molar-refractivity contribution is 5.35. The Kier molecular flexibility index (Phi) is 4.60. The summed E-state index contributed by atoms with van der Waals surface area (Å²) in [6, 6.07) is 0.524. The van der Waals surface area contributed by atoms with Gasteiger partial charge in [0.1, 0.15) is 0 Å². The summed E-state index contributed by atoms with van der Waals surface area (Å²) < 4.78 is 7.40.